The summed E-state index contributed by atoms with van der Waals surface area (Å²) in [5, 5.41) is 6.99. The summed E-state index contributed by atoms with van der Waals surface area (Å²) in [6.45, 7) is 8.02. The van der Waals surface area contributed by atoms with E-state index in [1.165, 1.54) is 0 Å². The van der Waals surface area contributed by atoms with Gasteiger partial charge in [0.1, 0.15) is 0 Å². The van der Waals surface area contributed by atoms with Crippen molar-refractivity contribution in [2.45, 2.75) is 27.2 Å². The van der Waals surface area contributed by atoms with Gasteiger partial charge in [-0.05, 0) is 32.4 Å². The quantitative estimate of drug-likeness (QED) is 0.826. The Bertz CT molecular complexity index is 585. The van der Waals surface area contributed by atoms with Gasteiger partial charge in [0.2, 0.25) is 23.1 Å². The van der Waals surface area contributed by atoms with E-state index in [0.29, 0.717) is 36.6 Å². The average Bonchev–Trinajstić information content (AvgIpc) is 2.85. The first kappa shape index (κ1) is 15.4. The third-order valence-electron chi connectivity index (χ3n) is 2.83. The molecular weight excluding hydrogens is 294 g/mol. The fraction of sp³-hybridized carbons (Fsp3) is 0.583. The summed E-state index contributed by atoms with van der Waals surface area (Å²) >= 11 is 5.94. The van der Waals surface area contributed by atoms with Gasteiger partial charge < -0.3 is 14.7 Å². The SMILES string of the molecule is CCN(CC)c1nc(Cl)nc(NCCc2nc(C)no2)n1. The minimum absolute atomic E-state index is 0.169. The van der Waals surface area contributed by atoms with Crippen molar-refractivity contribution in [1.29, 1.82) is 0 Å². The Morgan fingerprint density at radius 1 is 1.14 bits per heavy atom. The van der Waals surface area contributed by atoms with Crippen LogP contribution in [0.4, 0.5) is 11.9 Å². The van der Waals surface area contributed by atoms with Crippen LogP contribution in [0, 0.1) is 6.92 Å². The van der Waals surface area contributed by atoms with Crippen molar-refractivity contribution < 1.29 is 4.52 Å². The molecule has 0 aliphatic carbocycles. The molecule has 0 aliphatic rings. The molecule has 0 saturated carbocycles. The number of hydrogen-bond donors (Lipinski definition) is 1. The number of aryl methyl sites for hydroxylation is 1. The highest BCUT2D eigenvalue weighted by atomic mass is 35.5. The van der Waals surface area contributed by atoms with Gasteiger partial charge in [0.15, 0.2) is 5.82 Å². The monoisotopic (exact) mass is 311 g/mol. The van der Waals surface area contributed by atoms with E-state index in [1.807, 2.05) is 18.7 Å². The topological polar surface area (TPSA) is 92.9 Å². The van der Waals surface area contributed by atoms with Crippen molar-refractivity contribution in [3.05, 3.63) is 17.0 Å². The maximum absolute atomic E-state index is 5.94. The summed E-state index contributed by atoms with van der Waals surface area (Å²) in [5.74, 6) is 2.20. The van der Waals surface area contributed by atoms with Gasteiger partial charge in [-0.15, -0.1) is 0 Å². The second-order valence-electron chi connectivity index (χ2n) is 4.31. The summed E-state index contributed by atoms with van der Waals surface area (Å²) < 4.78 is 5.03. The number of nitrogens with zero attached hydrogens (tertiary/aromatic N) is 6. The maximum Gasteiger partial charge on any atom is 0.231 e. The number of anilines is 2. The van der Waals surface area contributed by atoms with Gasteiger partial charge in [-0.2, -0.15) is 19.9 Å². The lowest BCUT2D eigenvalue weighted by atomic mass is 10.4. The lowest BCUT2D eigenvalue weighted by Crippen LogP contribution is -2.25. The molecule has 2 aromatic rings. The average molecular weight is 312 g/mol. The molecule has 0 radical (unpaired) electrons. The zero-order chi connectivity index (χ0) is 15.2. The van der Waals surface area contributed by atoms with Crippen LogP contribution in [0.25, 0.3) is 0 Å². The van der Waals surface area contributed by atoms with Gasteiger partial charge in [0, 0.05) is 26.1 Å². The van der Waals surface area contributed by atoms with Crippen molar-refractivity contribution in [3.63, 3.8) is 0 Å². The molecule has 0 aliphatic heterocycles. The van der Waals surface area contributed by atoms with E-state index in [2.05, 4.69) is 30.4 Å². The summed E-state index contributed by atoms with van der Waals surface area (Å²) in [5.41, 5.74) is 0. The van der Waals surface area contributed by atoms with Gasteiger partial charge in [-0.25, -0.2) is 0 Å². The smallest absolute Gasteiger partial charge is 0.231 e. The minimum atomic E-state index is 0.169. The van der Waals surface area contributed by atoms with Crippen LogP contribution in [0.3, 0.4) is 0 Å². The van der Waals surface area contributed by atoms with Gasteiger partial charge in [-0.3, -0.25) is 0 Å². The minimum Gasteiger partial charge on any atom is -0.354 e. The molecule has 0 unspecified atom stereocenters. The van der Waals surface area contributed by atoms with Gasteiger partial charge in [0.05, 0.1) is 0 Å². The molecule has 2 rings (SSSR count). The number of hydrogen-bond acceptors (Lipinski definition) is 8. The maximum atomic E-state index is 5.94. The molecule has 0 amide bonds. The van der Waals surface area contributed by atoms with Crippen LogP contribution >= 0.6 is 11.6 Å². The molecule has 0 atom stereocenters. The van der Waals surface area contributed by atoms with E-state index in [4.69, 9.17) is 16.1 Å². The van der Waals surface area contributed by atoms with Crippen LogP contribution < -0.4 is 10.2 Å². The largest absolute Gasteiger partial charge is 0.354 e. The van der Waals surface area contributed by atoms with Crippen molar-refractivity contribution in [3.8, 4) is 0 Å². The second kappa shape index (κ2) is 7.16. The van der Waals surface area contributed by atoms with E-state index in [1.54, 1.807) is 6.92 Å². The van der Waals surface area contributed by atoms with Crippen molar-refractivity contribution in [1.82, 2.24) is 25.1 Å². The molecule has 0 aromatic carbocycles. The summed E-state index contributed by atoms with van der Waals surface area (Å²) in [7, 11) is 0. The van der Waals surface area contributed by atoms with E-state index in [-0.39, 0.29) is 5.28 Å². The van der Waals surface area contributed by atoms with Crippen LogP contribution in [0.2, 0.25) is 5.28 Å². The van der Waals surface area contributed by atoms with Crippen LogP contribution in [0.1, 0.15) is 25.6 Å². The molecule has 0 fully saturated rings. The Morgan fingerprint density at radius 3 is 2.52 bits per heavy atom. The molecule has 8 nitrogen and oxygen atoms in total. The van der Waals surface area contributed by atoms with E-state index >= 15 is 0 Å². The highest BCUT2D eigenvalue weighted by Crippen LogP contribution is 2.13. The molecule has 2 heterocycles. The Balaban J connectivity index is 1.99. The molecule has 0 spiro atoms. The number of rotatable bonds is 7. The van der Waals surface area contributed by atoms with E-state index in [0.717, 1.165) is 13.1 Å². The van der Waals surface area contributed by atoms with Gasteiger partial charge >= 0.3 is 0 Å². The summed E-state index contributed by atoms with van der Waals surface area (Å²) in [6, 6.07) is 0. The summed E-state index contributed by atoms with van der Waals surface area (Å²) in [4.78, 5) is 18.7. The van der Waals surface area contributed by atoms with Crippen molar-refractivity contribution in [2.75, 3.05) is 29.9 Å². The number of nitrogens with one attached hydrogen (secondary N) is 1. The fourth-order valence-electron chi connectivity index (χ4n) is 1.79. The molecule has 1 N–H and O–H groups in total. The standard InChI is InChI=1S/C12H18ClN7O/c1-4-20(5-2)12-17-10(13)16-11(18-12)14-7-6-9-15-8(3)19-21-9/h4-7H2,1-3H3,(H,14,16,17,18). The first-order valence-electron chi connectivity index (χ1n) is 6.82. The normalized spacial score (nSPS) is 10.7. The lowest BCUT2D eigenvalue weighted by Gasteiger charge is -2.18. The molecule has 0 bridgehead atoms. The molecule has 21 heavy (non-hydrogen) atoms. The second-order valence-corrected chi connectivity index (χ2v) is 4.65. The van der Waals surface area contributed by atoms with Gasteiger partial charge in [-0.1, -0.05) is 5.16 Å². The molecule has 114 valence electrons. The third kappa shape index (κ3) is 4.25. The molecular formula is C12H18ClN7O. The Hall–Kier alpha value is -1.96. The molecule has 2 aromatic heterocycles. The predicted molar refractivity (Wildman–Crippen MR) is 79.6 cm³/mol. The Kier molecular flexibility index (Phi) is 5.26. The predicted octanol–water partition coefficient (Wildman–Crippen LogP) is 1.72. The van der Waals surface area contributed by atoms with Crippen LogP contribution in [-0.2, 0) is 6.42 Å². The first-order chi connectivity index (χ1) is 10.1. The fourth-order valence-corrected chi connectivity index (χ4v) is 1.95. The summed E-state index contributed by atoms with van der Waals surface area (Å²) in [6.07, 6.45) is 0.588. The Morgan fingerprint density at radius 2 is 1.90 bits per heavy atom. The van der Waals surface area contributed by atoms with Crippen molar-refractivity contribution in [2.24, 2.45) is 0 Å². The van der Waals surface area contributed by atoms with E-state index < -0.39 is 0 Å². The first-order valence-corrected chi connectivity index (χ1v) is 7.19. The lowest BCUT2D eigenvalue weighted by molar-refractivity contribution is 0.377. The van der Waals surface area contributed by atoms with Gasteiger partial charge in [0.25, 0.3) is 0 Å². The van der Waals surface area contributed by atoms with Crippen LogP contribution in [-0.4, -0.2) is 44.7 Å². The van der Waals surface area contributed by atoms with E-state index in [9.17, 15) is 0 Å². The Labute approximate surface area is 127 Å². The third-order valence-corrected chi connectivity index (χ3v) is 3.00. The number of aromatic nitrogens is 5. The zero-order valence-electron chi connectivity index (χ0n) is 12.3. The zero-order valence-corrected chi connectivity index (χ0v) is 13.1. The molecule has 0 saturated heterocycles. The van der Waals surface area contributed by atoms with Crippen LogP contribution in [0.15, 0.2) is 4.52 Å². The highest BCUT2D eigenvalue weighted by Gasteiger charge is 2.10. The molecule has 9 heteroatoms. The van der Waals surface area contributed by atoms with Crippen molar-refractivity contribution >= 4 is 23.5 Å². The van der Waals surface area contributed by atoms with Crippen LogP contribution in [0.5, 0.6) is 0 Å². The number of halogens is 1. The highest BCUT2D eigenvalue weighted by molar-refractivity contribution is 6.28.